The van der Waals surface area contributed by atoms with Crippen molar-refractivity contribution in [1.29, 1.82) is 0 Å². The van der Waals surface area contributed by atoms with Crippen LogP contribution in [0.1, 0.15) is 36.8 Å². The van der Waals surface area contributed by atoms with Crippen molar-refractivity contribution < 1.29 is 0 Å². The molecule has 0 nitrogen and oxygen atoms in total. The van der Waals surface area contributed by atoms with Crippen molar-refractivity contribution in [1.82, 2.24) is 0 Å². The first kappa shape index (κ1) is 10.3. The lowest BCUT2D eigenvalue weighted by Crippen LogP contribution is -2.43. The molecular weight excluding hydrogens is 228 g/mol. The number of benzene rings is 2. The number of hydrogen-bond donors (Lipinski definition) is 0. The molecule has 3 saturated carbocycles. The molecule has 4 aliphatic carbocycles. The van der Waals surface area contributed by atoms with Gasteiger partial charge >= 0.3 is 0 Å². The molecule has 19 heavy (non-hydrogen) atoms. The third-order valence-corrected chi connectivity index (χ3v) is 5.78. The van der Waals surface area contributed by atoms with Crippen LogP contribution in [0, 0.1) is 11.8 Å². The SMILES string of the molecule is c1ccc2c(c1)-c1ccccc1C21CC2CC(C2)C1. The van der Waals surface area contributed by atoms with Gasteiger partial charge in [-0.05, 0) is 59.8 Å². The quantitative estimate of drug-likeness (QED) is 0.628. The van der Waals surface area contributed by atoms with E-state index in [4.69, 9.17) is 0 Å². The second-order valence-corrected chi connectivity index (χ2v) is 6.78. The van der Waals surface area contributed by atoms with Crippen molar-refractivity contribution >= 4 is 0 Å². The lowest BCUT2D eigenvalue weighted by Gasteiger charge is -2.52. The third kappa shape index (κ3) is 1.16. The molecule has 0 N–H and O–H groups in total. The topological polar surface area (TPSA) is 0 Å². The summed E-state index contributed by atoms with van der Waals surface area (Å²) >= 11 is 0. The highest BCUT2D eigenvalue weighted by Crippen LogP contribution is 2.62. The summed E-state index contributed by atoms with van der Waals surface area (Å²) in [5, 5.41) is 0. The van der Waals surface area contributed by atoms with Gasteiger partial charge in [0.1, 0.15) is 0 Å². The predicted octanol–water partition coefficient (Wildman–Crippen LogP) is 4.77. The van der Waals surface area contributed by atoms with Gasteiger partial charge in [0, 0.05) is 5.41 Å². The minimum Gasteiger partial charge on any atom is -0.0619 e. The van der Waals surface area contributed by atoms with Crippen molar-refractivity contribution in [3.63, 3.8) is 0 Å². The van der Waals surface area contributed by atoms with Gasteiger partial charge < -0.3 is 0 Å². The fourth-order valence-electron chi connectivity index (χ4n) is 5.13. The Balaban J connectivity index is 1.81. The fourth-order valence-corrected chi connectivity index (χ4v) is 5.13. The first-order valence-electron chi connectivity index (χ1n) is 7.56. The van der Waals surface area contributed by atoms with Crippen LogP contribution in [0.4, 0.5) is 0 Å². The zero-order valence-electron chi connectivity index (χ0n) is 11.1. The first-order chi connectivity index (χ1) is 9.37. The van der Waals surface area contributed by atoms with Gasteiger partial charge in [-0.1, -0.05) is 48.5 Å². The Morgan fingerprint density at radius 1 is 0.684 bits per heavy atom. The first-order valence-corrected chi connectivity index (χ1v) is 7.56. The van der Waals surface area contributed by atoms with Crippen LogP contribution in [-0.4, -0.2) is 0 Å². The fraction of sp³-hybridized carbons (Fsp3) is 0.368. The molecule has 0 radical (unpaired) electrons. The van der Waals surface area contributed by atoms with Crippen LogP contribution in [0.3, 0.4) is 0 Å². The van der Waals surface area contributed by atoms with E-state index in [0.29, 0.717) is 5.41 Å². The highest BCUT2D eigenvalue weighted by Gasteiger charge is 2.52. The molecule has 1 spiro atoms. The van der Waals surface area contributed by atoms with Crippen LogP contribution < -0.4 is 0 Å². The van der Waals surface area contributed by atoms with Crippen LogP contribution >= 0.6 is 0 Å². The second-order valence-electron chi connectivity index (χ2n) is 6.78. The summed E-state index contributed by atoms with van der Waals surface area (Å²) < 4.78 is 0. The molecule has 2 bridgehead atoms. The Morgan fingerprint density at radius 3 is 1.68 bits per heavy atom. The summed E-state index contributed by atoms with van der Waals surface area (Å²) in [6.07, 6.45) is 5.76. The average molecular weight is 246 g/mol. The van der Waals surface area contributed by atoms with E-state index in [9.17, 15) is 0 Å². The molecule has 2 aromatic rings. The Kier molecular flexibility index (Phi) is 1.78. The third-order valence-electron chi connectivity index (χ3n) is 5.78. The van der Waals surface area contributed by atoms with E-state index in [1.165, 1.54) is 36.8 Å². The standard InChI is InChI=1S/C19H18/c1-3-7-17-15(5-1)16-6-2-4-8-18(16)19(17)11-13-9-14(10-13)12-19/h1-8,13-14H,9-12H2. The molecule has 94 valence electrons. The lowest BCUT2D eigenvalue weighted by atomic mass is 9.52. The minimum absolute atomic E-state index is 0.360. The number of fused-ring (bicyclic) bond motifs is 3. The zero-order valence-corrected chi connectivity index (χ0v) is 11.1. The molecular formula is C19H18. The smallest absolute Gasteiger partial charge is 0.0220 e. The predicted molar refractivity (Wildman–Crippen MR) is 78.1 cm³/mol. The Labute approximate surface area is 114 Å². The van der Waals surface area contributed by atoms with Gasteiger partial charge in [0.25, 0.3) is 0 Å². The van der Waals surface area contributed by atoms with Gasteiger partial charge in [-0.25, -0.2) is 0 Å². The molecule has 4 aliphatic rings. The van der Waals surface area contributed by atoms with Gasteiger partial charge in [-0.3, -0.25) is 0 Å². The normalized spacial score (nSPS) is 28.6. The Morgan fingerprint density at radius 2 is 1.16 bits per heavy atom. The Bertz CT molecular complexity index is 604. The summed E-state index contributed by atoms with van der Waals surface area (Å²) in [4.78, 5) is 0. The molecule has 0 aliphatic heterocycles. The second kappa shape index (κ2) is 3.30. The molecule has 0 unspecified atom stereocenters. The maximum Gasteiger partial charge on any atom is 0.0220 e. The largest absolute Gasteiger partial charge is 0.0619 e. The van der Waals surface area contributed by atoms with Crippen molar-refractivity contribution in [2.45, 2.75) is 31.1 Å². The van der Waals surface area contributed by atoms with Crippen molar-refractivity contribution in [2.75, 3.05) is 0 Å². The van der Waals surface area contributed by atoms with Crippen molar-refractivity contribution in [3.05, 3.63) is 59.7 Å². The van der Waals surface area contributed by atoms with Crippen LogP contribution in [0.15, 0.2) is 48.5 Å². The van der Waals surface area contributed by atoms with Gasteiger partial charge in [0.15, 0.2) is 0 Å². The summed E-state index contributed by atoms with van der Waals surface area (Å²) in [5.74, 6) is 1.97. The summed E-state index contributed by atoms with van der Waals surface area (Å²) in [6, 6.07) is 18.3. The summed E-state index contributed by atoms with van der Waals surface area (Å²) in [5.41, 5.74) is 6.59. The van der Waals surface area contributed by atoms with Crippen LogP contribution in [-0.2, 0) is 5.41 Å². The van der Waals surface area contributed by atoms with E-state index in [1.807, 2.05) is 0 Å². The molecule has 6 rings (SSSR count). The van der Waals surface area contributed by atoms with E-state index in [0.717, 1.165) is 11.8 Å². The number of rotatable bonds is 0. The van der Waals surface area contributed by atoms with Crippen LogP contribution in [0.5, 0.6) is 0 Å². The molecule has 2 aromatic carbocycles. The molecule has 0 heterocycles. The molecule has 0 aromatic heterocycles. The maximum absolute atomic E-state index is 2.39. The van der Waals surface area contributed by atoms with E-state index in [-0.39, 0.29) is 0 Å². The highest BCUT2D eigenvalue weighted by atomic mass is 14.6. The molecule has 0 atom stereocenters. The maximum atomic E-state index is 2.39. The van der Waals surface area contributed by atoms with Gasteiger partial charge in [-0.2, -0.15) is 0 Å². The Hall–Kier alpha value is -1.56. The van der Waals surface area contributed by atoms with E-state index >= 15 is 0 Å². The zero-order chi connectivity index (χ0) is 12.4. The highest BCUT2D eigenvalue weighted by molar-refractivity contribution is 5.81. The summed E-state index contributed by atoms with van der Waals surface area (Å²) in [7, 11) is 0. The van der Waals surface area contributed by atoms with E-state index in [2.05, 4.69) is 48.5 Å². The van der Waals surface area contributed by atoms with E-state index in [1.54, 1.807) is 11.1 Å². The van der Waals surface area contributed by atoms with E-state index < -0.39 is 0 Å². The monoisotopic (exact) mass is 246 g/mol. The summed E-state index contributed by atoms with van der Waals surface area (Å²) in [6.45, 7) is 0. The number of hydrogen-bond acceptors (Lipinski definition) is 0. The molecule has 0 heteroatoms. The van der Waals surface area contributed by atoms with Gasteiger partial charge in [-0.15, -0.1) is 0 Å². The van der Waals surface area contributed by atoms with Crippen LogP contribution in [0.2, 0.25) is 0 Å². The van der Waals surface area contributed by atoms with Gasteiger partial charge in [0.05, 0.1) is 0 Å². The molecule has 0 amide bonds. The average Bonchev–Trinajstić information content (AvgIpc) is 2.70. The molecule has 3 fully saturated rings. The lowest BCUT2D eigenvalue weighted by molar-refractivity contribution is 0.0642. The van der Waals surface area contributed by atoms with Crippen LogP contribution in [0.25, 0.3) is 11.1 Å². The van der Waals surface area contributed by atoms with Crippen molar-refractivity contribution in [3.8, 4) is 11.1 Å². The van der Waals surface area contributed by atoms with Gasteiger partial charge in [0.2, 0.25) is 0 Å². The molecule has 0 saturated heterocycles. The van der Waals surface area contributed by atoms with Crippen molar-refractivity contribution in [2.24, 2.45) is 11.8 Å². The minimum atomic E-state index is 0.360.